The van der Waals surface area contributed by atoms with Crippen molar-refractivity contribution in [2.24, 2.45) is 0 Å². The normalized spacial score (nSPS) is 18.3. The van der Waals surface area contributed by atoms with Crippen LogP contribution in [0.2, 0.25) is 0 Å². The van der Waals surface area contributed by atoms with Crippen molar-refractivity contribution in [1.29, 1.82) is 0 Å². The maximum Gasteiger partial charge on any atom is 0.150 e. The summed E-state index contributed by atoms with van der Waals surface area (Å²) in [4.78, 5) is 6.02. The lowest BCUT2D eigenvalue weighted by molar-refractivity contribution is -0.0383. The van der Waals surface area contributed by atoms with Crippen LogP contribution in [-0.4, -0.2) is 44.7 Å². The van der Waals surface area contributed by atoms with Crippen molar-refractivity contribution in [1.82, 2.24) is 14.8 Å². The van der Waals surface area contributed by atoms with Gasteiger partial charge in [-0.15, -0.1) is 11.3 Å². The minimum atomic E-state index is -0.0928. The third-order valence-corrected chi connectivity index (χ3v) is 6.48. The zero-order valence-electron chi connectivity index (χ0n) is 18.8. The Kier molecular flexibility index (Phi) is 6.50. The van der Waals surface area contributed by atoms with E-state index in [4.69, 9.17) is 9.72 Å². The number of aromatic nitrogens is 3. The second-order valence-corrected chi connectivity index (χ2v) is 10.3. The Morgan fingerprint density at radius 3 is 2.87 bits per heavy atom. The Bertz CT molecular complexity index is 1020. The molecule has 0 spiro atoms. The van der Waals surface area contributed by atoms with Crippen molar-refractivity contribution >= 4 is 33.1 Å². The molecule has 1 fully saturated rings. The molecule has 3 aromatic rings. The van der Waals surface area contributed by atoms with E-state index < -0.39 is 0 Å². The molecule has 3 aromatic heterocycles. The number of fused-ring (bicyclic) bond motifs is 1. The average Bonchev–Trinajstić information content (AvgIpc) is 3.34. The van der Waals surface area contributed by atoms with E-state index in [1.165, 1.54) is 0 Å². The molecule has 8 heteroatoms. The summed E-state index contributed by atoms with van der Waals surface area (Å²) in [5, 5.41) is 21.0. The number of thiophene rings is 1. The second kappa shape index (κ2) is 9.14. The maximum absolute atomic E-state index is 9.34. The average molecular weight is 444 g/mol. The van der Waals surface area contributed by atoms with Gasteiger partial charge in [-0.3, -0.25) is 0 Å². The highest BCUT2D eigenvalue weighted by Gasteiger charge is 2.22. The molecule has 0 amide bonds. The summed E-state index contributed by atoms with van der Waals surface area (Å²) in [5.41, 5.74) is 2.96. The van der Waals surface area contributed by atoms with Gasteiger partial charge in [0, 0.05) is 37.1 Å². The summed E-state index contributed by atoms with van der Waals surface area (Å²) in [6.07, 6.45) is 5.80. The van der Waals surface area contributed by atoms with Crippen LogP contribution in [0.25, 0.3) is 20.8 Å². The van der Waals surface area contributed by atoms with Crippen LogP contribution in [0.3, 0.4) is 0 Å². The number of aliphatic hydroxyl groups is 1. The van der Waals surface area contributed by atoms with Crippen LogP contribution in [0.5, 0.6) is 0 Å². The number of anilines is 2. The van der Waals surface area contributed by atoms with E-state index in [2.05, 4.69) is 61.6 Å². The molecule has 2 atom stereocenters. The first-order valence-electron chi connectivity index (χ1n) is 11.1. The van der Waals surface area contributed by atoms with Crippen molar-refractivity contribution in [3.63, 3.8) is 0 Å². The molecule has 0 radical (unpaired) electrons. The molecule has 1 aliphatic heterocycles. The van der Waals surface area contributed by atoms with Gasteiger partial charge in [0.15, 0.2) is 6.23 Å². The standard InChI is InChI=1S/C23H33N5O2S/c1-15(9-11-29)25-17-14-20(27-23(2,3)4)26-16-13-19(31-22(16)17)18-8-10-24-28(18)21-7-5-6-12-30-21/h8,10,13-15,21,29H,5-7,9,11-12H2,1-4H3,(H2,25,26,27)/t15-,21?/m0/s1. The topological polar surface area (TPSA) is 84.2 Å². The number of hydrogen-bond acceptors (Lipinski definition) is 7. The highest BCUT2D eigenvalue weighted by molar-refractivity contribution is 7.22. The minimum Gasteiger partial charge on any atom is -0.396 e. The third-order valence-electron chi connectivity index (χ3n) is 5.30. The van der Waals surface area contributed by atoms with Crippen LogP contribution < -0.4 is 10.6 Å². The Morgan fingerprint density at radius 1 is 1.32 bits per heavy atom. The number of nitrogens with one attached hydrogen (secondary N) is 2. The lowest BCUT2D eigenvalue weighted by atomic mass is 10.1. The first-order chi connectivity index (χ1) is 14.8. The van der Waals surface area contributed by atoms with Crippen molar-refractivity contribution in [2.45, 2.75) is 71.2 Å². The zero-order valence-corrected chi connectivity index (χ0v) is 19.6. The van der Waals surface area contributed by atoms with Crippen LogP contribution in [-0.2, 0) is 4.74 Å². The third kappa shape index (κ3) is 5.19. The Labute approximate surface area is 187 Å². The van der Waals surface area contributed by atoms with Crippen LogP contribution in [0, 0.1) is 0 Å². The van der Waals surface area contributed by atoms with Gasteiger partial charge in [-0.2, -0.15) is 5.10 Å². The van der Waals surface area contributed by atoms with Gasteiger partial charge in [0.2, 0.25) is 0 Å². The fraction of sp³-hybridized carbons (Fsp3) is 0.565. The fourth-order valence-corrected chi connectivity index (χ4v) is 4.98. The molecule has 7 nitrogen and oxygen atoms in total. The molecular formula is C23H33N5O2S. The van der Waals surface area contributed by atoms with Crippen molar-refractivity contribution in [3.05, 3.63) is 24.4 Å². The minimum absolute atomic E-state index is 0.00258. The van der Waals surface area contributed by atoms with Crippen molar-refractivity contribution < 1.29 is 9.84 Å². The molecule has 1 aliphatic rings. The van der Waals surface area contributed by atoms with E-state index >= 15 is 0 Å². The van der Waals surface area contributed by atoms with Gasteiger partial charge in [-0.1, -0.05) is 0 Å². The van der Waals surface area contributed by atoms with Gasteiger partial charge in [0.25, 0.3) is 0 Å². The van der Waals surface area contributed by atoms with Crippen LogP contribution in [0.4, 0.5) is 11.5 Å². The smallest absolute Gasteiger partial charge is 0.150 e. The van der Waals surface area contributed by atoms with Gasteiger partial charge in [-0.05, 0) is 65.5 Å². The van der Waals surface area contributed by atoms with E-state index in [0.717, 1.165) is 58.2 Å². The van der Waals surface area contributed by atoms with E-state index in [1.54, 1.807) is 11.3 Å². The van der Waals surface area contributed by atoms with Gasteiger partial charge in [0.1, 0.15) is 5.82 Å². The number of aliphatic hydroxyl groups excluding tert-OH is 1. The zero-order chi connectivity index (χ0) is 22.0. The lowest BCUT2D eigenvalue weighted by Gasteiger charge is -2.24. The number of nitrogens with zero attached hydrogens (tertiary/aromatic N) is 3. The summed E-state index contributed by atoms with van der Waals surface area (Å²) in [7, 11) is 0. The molecule has 1 saturated heterocycles. The molecule has 4 rings (SSSR count). The molecule has 0 bridgehead atoms. The molecule has 0 aromatic carbocycles. The maximum atomic E-state index is 9.34. The van der Waals surface area contributed by atoms with Crippen molar-refractivity contribution in [2.75, 3.05) is 23.8 Å². The molecule has 0 aliphatic carbocycles. The first kappa shape index (κ1) is 22.0. The quantitative estimate of drug-likeness (QED) is 0.462. The summed E-state index contributed by atoms with van der Waals surface area (Å²) in [6.45, 7) is 9.41. The van der Waals surface area contributed by atoms with E-state index in [0.29, 0.717) is 6.42 Å². The molecular weight excluding hydrogens is 410 g/mol. The van der Waals surface area contributed by atoms with E-state index in [-0.39, 0.29) is 24.4 Å². The molecule has 4 heterocycles. The largest absolute Gasteiger partial charge is 0.396 e. The molecule has 168 valence electrons. The van der Waals surface area contributed by atoms with Crippen molar-refractivity contribution in [3.8, 4) is 10.6 Å². The number of hydrogen-bond donors (Lipinski definition) is 3. The Morgan fingerprint density at radius 2 is 2.16 bits per heavy atom. The van der Waals surface area contributed by atoms with Crippen LogP contribution >= 0.6 is 11.3 Å². The molecule has 31 heavy (non-hydrogen) atoms. The number of ether oxygens (including phenoxy) is 1. The number of rotatable bonds is 7. The predicted molar refractivity (Wildman–Crippen MR) is 128 cm³/mol. The van der Waals surface area contributed by atoms with Gasteiger partial charge in [0.05, 0.1) is 26.5 Å². The molecule has 0 saturated carbocycles. The second-order valence-electron chi connectivity index (χ2n) is 9.29. The lowest BCUT2D eigenvalue weighted by Crippen LogP contribution is -2.26. The summed E-state index contributed by atoms with van der Waals surface area (Å²) >= 11 is 1.71. The monoisotopic (exact) mass is 443 g/mol. The van der Waals surface area contributed by atoms with Crippen LogP contribution in [0.1, 0.15) is 59.6 Å². The van der Waals surface area contributed by atoms with Crippen LogP contribution in [0.15, 0.2) is 24.4 Å². The molecule has 3 N–H and O–H groups in total. The molecule has 1 unspecified atom stereocenters. The number of pyridine rings is 1. The van der Waals surface area contributed by atoms with E-state index in [1.807, 2.05) is 10.9 Å². The van der Waals surface area contributed by atoms with Gasteiger partial charge >= 0.3 is 0 Å². The highest BCUT2D eigenvalue weighted by Crippen LogP contribution is 2.40. The summed E-state index contributed by atoms with van der Waals surface area (Å²) in [5.74, 6) is 0.840. The summed E-state index contributed by atoms with van der Waals surface area (Å²) < 4.78 is 9.10. The fourth-order valence-electron chi connectivity index (χ4n) is 3.89. The SMILES string of the molecule is C[C@@H](CCO)Nc1cc(NC(C)(C)C)nc2cc(-c3ccnn3C3CCCCO3)sc12. The Balaban J connectivity index is 1.74. The first-order valence-corrected chi connectivity index (χ1v) is 11.9. The predicted octanol–water partition coefficient (Wildman–Crippen LogP) is 5.25. The highest BCUT2D eigenvalue weighted by atomic mass is 32.1. The van der Waals surface area contributed by atoms with Gasteiger partial charge < -0.3 is 20.5 Å². The summed E-state index contributed by atoms with van der Waals surface area (Å²) in [6, 6.07) is 6.43. The Hall–Kier alpha value is -2.16. The van der Waals surface area contributed by atoms with E-state index in [9.17, 15) is 5.11 Å². The van der Waals surface area contributed by atoms with Gasteiger partial charge in [-0.25, -0.2) is 9.67 Å².